The van der Waals surface area contributed by atoms with Crippen molar-refractivity contribution >= 4 is 11.7 Å². The van der Waals surface area contributed by atoms with Gasteiger partial charge in [0, 0.05) is 11.4 Å². The van der Waals surface area contributed by atoms with Crippen molar-refractivity contribution in [3.05, 3.63) is 58.7 Å². The van der Waals surface area contributed by atoms with E-state index in [1.165, 1.54) is 4.52 Å². The summed E-state index contributed by atoms with van der Waals surface area (Å²) in [4.78, 5) is 20.4. The van der Waals surface area contributed by atoms with E-state index in [2.05, 4.69) is 15.1 Å². The van der Waals surface area contributed by atoms with Crippen LogP contribution in [0.2, 0.25) is 0 Å². The minimum atomic E-state index is -0.553. The van der Waals surface area contributed by atoms with E-state index in [0.29, 0.717) is 5.78 Å². The molecule has 2 aromatic heterocycles. The second kappa shape index (κ2) is 5.55. The lowest BCUT2D eigenvalue weighted by Gasteiger charge is -2.02. The average molecular weight is 296 g/mol. The van der Waals surface area contributed by atoms with Gasteiger partial charge in [0.25, 0.3) is 11.6 Å². The van der Waals surface area contributed by atoms with Crippen LogP contribution in [0.4, 0.5) is 0 Å². The minimum Gasteiger partial charge on any atom is -0.455 e. The number of aromatic nitrogens is 4. The third-order valence-electron chi connectivity index (χ3n) is 3.29. The Morgan fingerprint density at radius 2 is 1.86 bits per heavy atom. The van der Waals surface area contributed by atoms with Crippen LogP contribution in [0.3, 0.4) is 0 Å². The Balaban J connectivity index is 1.77. The summed E-state index contributed by atoms with van der Waals surface area (Å²) in [6.45, 7) is 5.96. The third-order valence-corrected chi connectivity index (χ3v) is 3.29. The lowest BCUT2D eigenvalue weighted by Crippen LogP contribution is -2.07. The quantitative estimate of drug-likeness (QED) is 0.694. The van der Waals surface area contributed by atoms with Gasteiger partial charge in [0.1, 0.15) is 6.61 Å². The Kier molecular flexibility index (Phi) is 3.58. The monoisotopic (exact) mass is 296 g/mol. The normalized spacial score (nSPS) is 10.9. The summed E-state index contributed by atoms with van der Waals surface area (Å²) < 4.78 is 6.79. The van der Waals surface area contributed by atoms with E-state index in [9.17, 15) is 4.79 Å². The maximum Gasteiger partial charge on any atom is 0.378 e. The van der Waals surface area contributed by atoms with Crippen molar-refractivity contribution in [2.45, 2.75) is 27.4 Å². The number of carbonyl (C=O) groups is 1. The first-order valence-electron chi connectivity index (χ1n) is 6.96. The Hall–Kier alpha value is -2.76. The summed E-state index contributed by atoms with van der Waals surface area (Å²) in [5.74, 6) is -0.128. The fraction of sp³-hybridized carbons (Fsp3) is 0.250. The fourth-order valence-electron chi connectivity index (χ4n) is 2.15. The van der Waals surface area contributed by atoms with Crippen molar-refractivity contribution in [1.82, 2.24) is 19.6 Å². The predicted molar refractivity (Wildman–Crippen MR) is 80.6 cm³/mol. The molecular formula is C16H16N4O2. The highest BCUT2D eigenvalue weighted by Crippen LogP contribution is 2.08. The van der Waals surface area contributed by atoms with E-state index in [1.54, 1.807) is 0 Å². The number of rotatable bonds is 3. The van der Waals surface area contributed by atoms with Gasteiger partial charge in [0.15, 0.2) is 0 Å². The molecule has 0 unspecified atom stereocenters. The van der Waals surface area contributed by atoms with Gasteiger partial charge in [-0.1, -0.05) is 29.8 Å². The van der Waals surface area contributed by atoms with Crippen LogP contribution in [0.5, 0.6) is 0 Å². The summed E-state index contributed by atoms with van der Waals surface area (Å²) in [5.41, 5.74) is 3.78. The standard InChI is InChI=1S/C16H16N4O2/c1-10-4-6-13(7-5-10)9-22-15(21)14-18-16-17-11(2)8-12(3)20(16)19-14/h4-8H,9H2,1-3H3. The predicted octanol–water partition coefficient (Wildman–Crippen LogP) is 2.41. The van der Waals surface area contributed by atoms with Crippen molar-refractivity contribution in [3.63, 3.8) is 0 Å². The topological polar surface area (TPSA) is 69.4 Å². The molecule has 2 heterocycles. The van der Waals surface area contributed by atoms with E-state index in [4.69, 9.17) is 4.74 Å². The fourth-order valence-corrected chi connectivity index (χ4v) is 2.15. The van der Waals surface area contributed by atoms with Gasteiger partial charge in [-0.15, -0.1) is 5.10 Å². The largest absolute Gasteiger partial charge is 0.455 e. The molecule has 6 nitrogen and oxygen atoms in total. The second-order valence-electron chi connectivity index (χ2n) is 5.25. The molecule has 0 bridgehead atoms. The van der Waals surface area contributed by atoms with Gasteiger partial charge in [-0.05, 0) is 32.4 Å². The molecule has 22 heavy (non-hydrogen) atoms. The van der Waals surface area contributed by atoms with Crippen LogP contribution in [-0.4, -0.2) is 25.6 Å². The number of carbonyl (C=O) groups excluding carboxylic acids is 1. The van der Waals surface area contributed by atoms with Gasteiger partial charge in [-0.2, -0.15) is 4.98 Å². The van der Waals surface area contributed by atoms with Crippen LogP contribution in [0, 0.1) is 20.8 Å². The zero-order valence-corrected chi connectivity index (χ0v) is 12.7. The molecule has 0 saturated heterocycles. The number of hydrogen-bond acceptors (Lipinski definition) is 5. The first kappa shape index (κ1) is 14.2. The number of aryl methyl sites for hydroxylation is 3. The molecule has 0 amide bonds. The van der Waals surface area contributed by atoms with E-state index >= 15 is 0 Å². The van der Waals surface area contributed by atoms with Crippen molar-refractivity contribution in [2.75, 3.05) is 0 Å². The molecule has 0 aliphatic rings. The molecule has 6 heteroatoms. The summed E-state index contributed by atoms with van der Waals surface area (Å²) in [5, 5.41) is 4.15. The number of benzene rings is 1. The molecule has 1 aromatic carbocycles. The van der Waals surface area contributed by atoms with Crippen molar-refractivity contribution in [3.8, 4) is 0 Å². The molecule has 3 aromatic rings. The van der Waals surface area contributed by atoms with Crippen molar-refractivity contribution < 1.29 is 9.53 Å². The first-order valence-corrected chi connectivity index (χ1v) is 6.96. The molecule has 0 atom stereocenters. The molecule has 0 spiro atoms. The molecule has 0 aliphatic carbocycles. The summed E-state index contributed by atoms with van der Waals surface area (Å²) in [7, 11) is 0. The zero-order valence-electron chi connectivity index (χ0n) is 12.7. The molecule has 0 radical (unpaired) electrons. The molecule has 0 fully saturated rings. The van der Waals surface area contributed by atoms with Crippen LogP contribution >= 0.6 is 0 Å². The van der Waals surface area contributed by atoms with Gasteiger partial charge in [-0.25, -0.2) is 14.3 Å². The summed E-state index contributed by atoms with van der Waals surface area (Å²) in [6, 6.07) is 9.68. The van der Waals surface area contributed by atoms with Gasteiger partial charge in [0.05, 0.1) is 0 Å². The van der Waals surface area contributed by atoms with Gasteiger partial charge < -0.3 is 4.74 Å². The highest BCUT2D eigenvalue weighted by atomic mass is 16.5. The molecule has 112 valence electrons. The Morgan fingerprint density at radius 3 is 2.59 bits per heavy atom. The van der Waals surface area contributed by atoms with Gasteiger partial charge >= 0.3 is 5.97 Å². The van der Waals surface area contributed by atoms with E-state index in [-0.39, 0.29) is 12.4 Å². The van der Waals surface area contributed by atoms with E-state index in [0.717, 1.165) is 22.5 Å². The summed E-state index contributed by atoms with van der Waals surface area (Å²) >= 11 is 0. The number of nitrogens with zero attached hydrogens (tertiary/aromatic N) is 4. The third kappa shape index (κ3) is 2.81. The van der Waals surface area contributed by atoms with Crippen LogP contribution in [0.1, 0.15) is 33.1 Å². The Morgan fingerprint density at radius 1 is 1.14 bits per heavy atom. The minimum absolute atomic E-state index is 0.0216. The maximum atomic E-state index is 12.1. The molecular weight excluding hydrogens is 280 g/mol. The highest BCUT2D eigenvalue weighted by molar-refractivity contribution is 5.85. The second-order valence-corrected chi connectivity index (χ2v) is 5.25. The van der Waals surface area contributed by atoms with Crippen LogP contribution in [-0.2, 0) is 11.3 Å². The Bertz CT molecular complexity index is 837. The number of esters is 1. The molecule has 0 saturated carbocycles. The number of fused-ring (bicyclic) bond motifs is 1. The lowest BCUT2D eigenvalue weighted by molar-refractivity contribution is 0.0458. The van der Waals surface area contributed by atoms with Gasteiger partial charge in [0.2, 0.25) is 0 Å². The van der Waals surface area contributed by atoms with Crippen molar-refractivity contribution in [1.29, 1.82) is 0 Å². The van der Waals surface area contributed by atoms with Crippen molar-refractivity contribution in [2.24, 2.45) is 0 Å². The first-order chi connectivity index (χ1) is 10.5. The van der Waals surface area contributed by atoms with Crippen LogP contribution < -0.4 is 0 Å². The number of hydrogen-bond donors (Lipinski definition) is 0. The maximum absolute atomic E-state index is 12.1. The average Bonchev–Trinajstić information content (AvgIpc) is 2.90. The van der Waals surface area contributed by atoms with Crippen LogP contribution in [0.25, 0.3) is 5.78 Å². The lowest BCUT2D eigenvalue weighted by atomic mass is 10.2. The molecule has 0 aliphatic heterocycles. The SMILES string of the molecule is Cc1ccc(COC(=O)c2nc3nc(C)cc(C)n3n2)cc1. The smallest absolute Gasteiger partial charge is 0.378 e. The molecule has 3 rings (SSSR count). The van der Waals surface area contributed by atoms with Crippen LogP contribution in [0.15, 0.2) is 30.3 Å². The molecule has 0 N–H and O–H groups in total. The van der Waals surface area contributed by atoms with Gasteiger partial charge in [-0.3, -0.25) is 0 Å². The highest BCUT2D eigenvalue weighted by Gasteiger charge is 2.16. The zero-order chi connectivity index (χ0) is 15.7. The van der Waals surface area contributed by atoms with E-state index in [1.807, 2.05) is 51.1 Å². The Labute approximate surface area is 127 Å². The van der Waals surface area contributed by atoms with E-state index < -0.39 is 5.97 Å². The number of ether oxygens (including phenoxy) is 1. The summed E-state index contributed by atoms with van der Waals surface area (Å²) in [6.07, 6.45) is 0.